The molecule has 0 amide bonds. The Morgan fingerprint density at radius 3 is 2.62 bits per heavy atom. The van der Waals surface area contributed by atoms with E-state index in [4.69, 9.17) is 9.73 Å². The van der Waals surface area contributed by atoms with Crippen LogP contribution in [0, 0.1) is 0 Å². The number of esters is 1. The Morgan fingerprint density at radius 1 is 1.16 bits per heavy atom. The van der Waals surface area contributed by atoms with Crippen molar-refractivity contribution in [2.24, 2.45) is 4.99 Å². The molecule has 5 rings (SSSR count). The highest BCUT2D eigenvalue weighted by Gasteiger charge is 2.34. The lowest BCUT2D eigenvalue weighted by atomic mass is 9.92. The second-order valence-electron chi connectivity index (χ2n) is 9.52. The summed E-state index contributed by atoms with van der Waals surface area (Å²) in [7, 11) is 0. The van der Waals surface area contributed by atoms with Gasteiger partial charge in [0, 0.05) is 22.7 Å². The van der Waals surface area contributed by atoms with Gasteiger partial charge in [0.05, 0.1) is 28.5 Å². The average molecular weight is 514 g/mol. The molecule has 0 radical (unpaired) electrons. The van der Waals surface area contributed by atoms with Crippen molar-refractivity contribution in [1.29, 1.82) is 0 Å². The quantitative estimate of drug-likeness (QED) is 0.346. The molecule has 4 aromatic rings. The van der Waals surface area contributed by atoms with Crippen molar-refractivity contribution in [1.82, 2.24) is 9.55 Å². The lowest BCUT2D eigenvalue weighted by molar-refractivity contribution is -0.139. The number of ether oxygens (including phenoxy) is 1. The molecule has 37 heavy (non-hydrogen) atoms. The molecule has 190 valence electrons. The predicted octanol–water partition coefficient (Wildman–Crippen LogP) is 5.18. The lowest BCUT2D eigenvalue weighted by Gasteiger charge is -2.26. The maximum Gasteiger partial charge on any atom is 0.338 e. The molecule has 1 atom stereocenters. The minimum atomic E-state index is -0.594. The second-order valence-corrected chi connectivity index (χ2v) is 10.5. The monoisotopic (exact) mass is 513 g/mol. The third kappa shape index (κ3) is 4.60. The van der Waals surface area contributed by atoms with Crippen LogP contribution in [0.4, 0.5) is 0 Å². The number of nitrogens with zero attached hydrogens (tertiary/aromatic N) is 2. The summed E-state index contributed by atoms with van der Waals surface area (Å²) < 4.78 is 7.73. The number of hydrogen-bond donors (Lipinski definition) is 1. The Hall–Kier alpha value is -3.71. The van der Waals surface area contributed by atoms with Crippen molar-refractivity contribution in [3.8, 4) is 0 Å². The molecule has 7 heteroatoms. The van der Waals surface area contributed by atoms with Crippen molar-refractivity contribution < 1.29 is 9.53 Å². The first kappa shape index (κ1) is 25.0. The van der Waals surface area contributed by atoms with E-state index in [0.29, 0.717) is 32.9 Å². The summed E-state index contributed by atoms with van der Waals surface area (Å²) in [6, 6.07) is 15.6. The summed E-state index contributed by atoms with van der Waals surface area (Å²) in [4.78, 5) is 36.0. The first-order valence-electron chi connectivity index (χ1n) is 12.8. The van der Waals surface area contributed by atoms with E-state index in [0.717, 1.165) is 28.5 Å². The number of hydrogen-bond acceptors (Lipinski definition) is 5. The second kappa shape index (κ2) is 10.3. The zero-order chi connectivity index (χ0) is 26.1. The van der Waals surface area contributed by atoms with Crippen LogP contribution in [0.1, 0.15) is 69.2 Å². The van der Waals surface area contributed by atoms with Crippen LogP contribution >= 0.6 is 11.3 Å². The van der Waals surface area contributed by atoms with Gasteiger partial charge in [-0.05, 0) is 42.5 Å². The van der Waals surface area contributed by atoms with E-state index in [-0.39, 0.29) is 12.2 Å². The van der Waals surface area contributed by atoms with Crippen molar-refractivity contribution in [2.75, 3.05) is 6.61 Å². The number of aromatic amines is 1. The van der Waals surface area contributed by atoms with Gasteiger partial charge < -0.3 is 9.72 Å². The normalized spacial score (nSPS) is 15.8. The van der Waals surface area contributed by atoms with E-state index in [1.165, 1.54) is 16.9 Å². The van der Waals surface area contributed by atoms with E-state index in [1.54, 1.807) is 11.5 Å². The smallest absolute Gasteiger partial charge is 0.338 e. The van der Waals surface area contributed by atoms with Crippen LogP contribution in [0.15, 0.2) is 75.8 Å². The van der Waals surface area contributed by atoms with Crippen molar-refractivity contribution in [3.63, 3.8) is 0 Å². The summed E-state index contributed by atoms with van der Waals surface area (Å²) in [6.07, 6.45) is 5.28. The number of H-pyrrole nitrogens is 1. The summed E-state index contributed by atoms with van der Waals surface area (Å²) in [5.41, 5.74) is 5.01. The highest BCUT2D eigenvalue weighted by Crippen LogP contribution is 2.33. The lowest BCUT2D eigenvalue weighted by Crippen LogP contribution is -2.40. The van der Waals surface area contributed by atoms with Crippen LogP contribution in [0.2, 0.25) is 0 Å². The highest BCUT2D eigenvalue weighted by atomic mass is 32.1. The molecule has 0 saturated heterocycles. The minimum Gasteiger partial charge on any atom is -0.463 e. The molecular formula is C30H31N3O3S. The first-order valence-corrected chi connectivity index (χ1v) is 13.6. The summed E-state index contributed by atoms with van der Waals surface area (Å²) in [5, 5.41) is 1.05. The molecule has 0 aliphatic carbocycles. The van der Waals surface area contributed by atoms with E-state index in [2.05, 4.69) is 37.9 Å². The molecule has 1 N–H and O–H groups in total. The Bertz CT molecular complexity index is 1670. The van der Waals surface area contributed by atoms with Gasteiger partial charge in [0.2, 0.25) is 0 Å². The fourth-order valence-corrected chi connectivity index (χ4v) is 5.86. The predicted molar refractivity (Wildman–Crippen MR) is 148 cm³/mol. The Balaban J connectivity index is 1.75. The number of rotatable bonds is 7. The van der Waals surface area contributed by atoms with Crippen LogP contribution in [0.25, 0.3) is 17.0 Å². The largest absolute Gasteiger partial charge is 0.463 e. The van der Waals surface area contributed by atoms with Crippen LogP contribution < -0.4 is 14.9 Å². The van der Waals surface area contributed by atoms with Gasteiger partial charge in [-0.1, -0.05) is 81.0 Å². The molecular weight excluding hydrogens is 482 g/mol. The van der Waals surface area contributed by atoms with E-state index in [1.807, 2.05) is 48.7 Å². The topological polar surface area (TPSA) is 76.5 Å². The molecule has 1 unspecified atom stereocenters. The third-order valence-corrected chi connectivity index (χ3v) is 7.70. The minimum absolute atomic E-state index is 0.163. The Kier molecular flexibility index (Phi) is 6.98. The maximum absolute atomic E-state index is 13.9. The molecule has 0 fully saturated rings. The maximum atomic E-state index is 13.9. The number of thiazole rings is 1. The molecule has 0 bridgehead atoms. The number of benzene rings is 2. The molecule has 2 aromatic heterocycles. The molecule has 6 nitrogen and oxygen atoms in total. The zero-order valence-electron chi connectivity index (χ0n) is 21.6. The number of carbonyl (C=O) groups is 1. The highest BCUT2D eigenvalue weighted by molar-refractivity contribution is 7.07. The number of aromatic nitrogens is 2. The average Bonchev–Trinajstić information content (AvgIpc) is 3.44. The van der Waals surface area contributed by atoms with Gasteiger partial charge in [-0.25, -0.2) is 9.79 Å². The number of carbonyl (C=O) groups excluding carboxylic acids is 1. The van der Waals surface area contributed by atoms with Gasteiger partial charge >= 0.3 is 5.97 Å². The Labute approximate surface area is 219 Å². The molecule has 1 aliphatic rings. The van der Waals surface area contributed by atoms with Gasteiger partial charge in [-0.3, -0.25) is 9.36 Å². The van der Waals surface area contributed by atoms with Gasteiger partial charge in [0.25, 0.3) is 5.56 Å². The van der Waals surface area contributed by atoms with E-state index < -0.39 is 12.0 Å². The first-order chi connectivity index (χ1) is 17.9. The van der Waals surface area contributed by atoms with Crippen molar-refractivity contribution in [2.45, 2.75) is 52.5 Å². The van der Waals surface area contributed by atoms with Crippen molar-refractivity contribution in [3.05, 3.63) is 102 Å². The molecule has 0 spiro atoms. The number of fused-ring (bicyclic) bond motifs is 2. The SMILES string of the molecule is CCCC1=C(C(=O)OCC)C(c2ccc(C(C)C)cc2)n2c(s/c(=C/c3c[nH]c4ccccc34)c2=O)=N1. The Morgan fingerprint density at radius 2 is 1.92 bits per heavy atom. The van der Waals surface area contributed by atoms with Crippen molar-refractivity contribution >= 4 is 34.3 Å². The van der Waals surface area contributed by atoms with Crippen LogP contribution in [0.3, 0.4) is 0 Å². The van der Waals surface area contributed by atoms with E-state index >= 15 is 0 Å². The zero-order valence-corrected chi connectivity index (χ0v) is 22.4. The van der Waals surface area contributed by atoms with Gasteiger partial charge in [0.1, 0.15) is 0 Å². The van der Waals surface area contributed by atoms with Gasteiger partial charge in [-0.15, -0.1) is 0 Å². The molecule has 1 aliphatic heterocycles. The van der Waals surface area contributed by atoms with Crippen LogP contribution in [0.5, 0.6) is 0 Å². The molecule has 0 saturated carbocycles. The van der Waals surface area contributed by atoms with Gasteiger partial charge in [0.15, 0.2) is 4.80 Å². The number of para-hydroxylation sites is 1. The summed E-state index contributed by atoms with van der Waals surface area (Å²) in [5.74, 6) is -0.0403. The van der Waals surface area contributed by atoms with Crippen LogP contribution in [-0.2, 0) is 9.53 Å². The van der Waals surface area contributed by atoms with Crippen LogP contribution in [-0.4, -0.2) is 22.1 Å². The molecule has 2 aromatic carbocycles. The standard InChI is InChI=1S/C30H31N3O3S/c1-5-9-24-26(29(35)36-6-2)27(20-14-12-19(13-15-20)18(3)4)33-28(34)25(37-30(33)32-24)16-21-17-31-23-11-8-7-10-22(21)23/h7-8,10-18,27,31H,5-6,9H2,1-4H3/b25-16+. The number of nitrogens with one attached hydrogen (secondary N) is 1. The summed E-state index contributed by atoms with van der Waals surface area (Å²) in [6.45, 7) is 8.40. The summed E-state index contributed by atoms with van der Waals surface area (Å²) >= 11 is 1.36. The van der Waals surface area contributed by atoms with E-state index in [9.17, 15) is 9.59 Å². The third-order valence-electron chi connectivity index (χ3n) is 6.72. The molecule has 3 heterocycles. The van der Waals surface area contributed by atoms with Gasteiger partial charge in [-0.2, -0.15) is 0 Å². The number of allylic oxidation sites excluding steroid dienone is 1. The fraction of sp³-hybridized carbons (Fsp3) is 0.300. The fourth-order valence-electron chi connectivity index (χ4n) is 4.85.